The fourth-order valence-corrected chi connectivity index (χ4v) is 2.29. The molecular formula is C15H18O4Si. The van der Waals surface area contributed by atoms with E-state index in [4.69, 9.17) is 9.15 Å². The van der Waals surface area contributed by atoms with Crippen molar-refractivity contribution >= 4 is 19.0 Å². The average molecular weight is 290 g/mol. The molecule has 0 radical (unpaired) electrons. The second kappa shape index (κ2) is 5.14. The Morgan fingerprint density at radius 3 is 2.55 bits per heavy atom. The molecule has 0 aliphatic carbocycles. The van der Waals surface area contributed by atoms with Crippen LogP contribution in [-0.2, 0) is 0 Å². The summed E-state index contributed by atoms with van der Waals surface area (Å²) in [5.41, 5.74) is 3.70. The van der Waals surface area contributed by atoms with Crippen LogP contribution >= 0.6 is 0 Å². The first-order valence-corrected chi connectivity index (χ1v) is 9.96. The van der Waals surface area contributed by atoms with E-state index in [0.29, 0.717) is 17.6 Å². The van der Waals surface area contributed by atoms with Crippen molar-refractivity contribution in [3.8, 4) is 28.7 Å². The number of phenolic OH excluding ortho intramolecular Hbond substituents is 2. The predicted octanol–water partition coefficient (Wildman–Crippen LogP) is 3.47. The number of hydrogen-bond acceptors (Lipinski definition) is 4. The first-order chi connectivity index (χ1) is 9.35. The third-order valence-electron chi connectivity index (χ3n) is 2.67. The van der Waals surface area contributed by atoms with Crippen molar-refractivity contribution in [2.24, 2.45) is 0 Å². The molecule has 20 heavy (non-hydrogen) atoms. The van der Waals surface area contributed by atoms with Gasteiger partial charge in [-0.25, -0.2) is 0 Å². The summed E-state index contributed by atoms with van der Waals surface area (Å²) in [6.45, 7) is 8.48. The van der Waals surface area contributed by atoms with Crippen molar-refractivity contribution < 1.29 is 19.4 Å². The summed E-state index contributed by atoms with van der Waals surface area (Å²) in [7, 11) is -1.61. The summed E-state index contributed by atoms with van der Waals surface area (Å²) in [6, 6.07) is 1.60. The molecule has 0 unspecified atom stereocenters. The minimum Gasteiger partial charge on any atom is -0.506 e. The summed E-state index contributed by atoms with van der Waals surface area (Å²) in [6.07, 6.45) is 1.41. The number of aromatic hydroxyl groups is 2. The van der Waals surface area contributed by atoms with E-state index in [0.717, 1.165) is 0 Å². The van der Waals surface area contributed by atoms with Crippen LogP contribution in [0.5, 0.6) is 17.2 Å². The highest BCUT2D eigenvalue weighted by atomic mass is 28.3. The molecule has 2 aromatic rings. The minimum absolute atomic E-state index is 0.0132. The topological polar surface area (TPSA) is 62.8 Å². The second-order valence-electron chi connectivity index (χ2n) is 5.50. The van der Waals surface area contributed by atoms with Crippen LogP contribution in [0.1, 0.15) is 12.5 Å². The van der Waals surface area contributed by atoms with Gasteiger partial charge in [0.1, 0.15) is 19.4 Å². The van der Waals surface area contributed by atoms with Crippen LogP contribution in [0.15, 0.2) is 16.7 Å². The van der Waals surface area contributed by atoms with E-state index in [-0.39, 0.29) is 22.8 Å². The van der Waals surface area contributed by atoms with E-state index < -0.39 is 8.07 Å². The zero-order valence-corrected chi connectivity index (χ0v) is 13.1. The van der Waals surface area contributed by atoms with E-state index in [1.165, 1.54) is 6.26 Å². The number of rotatable bonds is 2. The second-order valence-corrected chi connectivity index (χ2v) is 10.2. The number of hydrogen-bond donors (Lipinski definition) is 2. The molecule has 0 amide bonds. The van der Waals surface area contributed by atoms with Gasteiger partial charge < -0.3 is 19.4 Å². The van der Waals surface area contributed by atoms with Gasteiger partial charge in [-0.15, -0.1) is 5.54 Å². The minimum atomic E-state index is -1.61. The van der Waals surface area contributed by atoms with Crippen LogP contribution in [0.3, 0.4) is 0 Å². The molecule has 0 bridgehead atoms. The van der Waals surface area contributed by atoms with Crippen LogP contribution in [0.2, 0.25) is 19.6 Å². The molecule has 1 aromatic heterocycles. The highest BCUT2D eigenvalue weighted by Crippen LogP contribution is 2.44. The van der Waals surface area contributed by atoms with Crippen molar-refractivity contribution in [2.75, 3.05) is 6.61 Å². The van der Waals surface area contributed by atoms with Gasteiger partial charge in [-0.1, -0.05) is 25.6 Å². The summed E-state index contributed by atoms with van der Waals surface area (Å²) >= 11 is 0. The lowest BCUT2D eigenvalue weighted by molar-refractivity contribution is 0.314. The third-order valence-corrected chi connectivity index (χ3v) is 3.54. The van der Waals surface area contributed by atoms with E-state index in [2.05, 4.69) is 31.1 Å². The maximum atomic E-state index is 10.3. The smallest absolute Gasteiger partial charge is 0.203 e. The maximum Gasteiger partial charge on any atom is 0.203 e. The molecule has 2 rings (SSSR count). The van der Waals surface area contributed by atoms with E-state index >= 15 is 0 Å². The number of fused-ring (bicyclic) bond motifs is 1. The zero-order valence-electron chi connectivity index (χ0n) is 12.1. The van der Waals surface area contributed by atoms with Gasteiger partial charge in [-0.05, 0) is 13.0 Å². The van der Waals surface area contributed by atoms with Crippen molar-refractivity contribution in [3.63, 3.8) is 0 Å². The number of ether oxygens (including phenoxy) is 1. The Bertz CT molecular complexity index is 698. The van der Waals surface area contributed by atoms with E-state index in [1.54, 1.807) is 13.0 Å². The molecule has 106 valence electrons. The molecule has 1 heterocycles. The Hall–Kier alpha value is -2.06. The van der Waals surface area contributed by atoms with Crippen LogP contribution in [0.25, 0.3) is 11.0 Å². The third kappa shape index (κ3) is 2.61. The summed E-state index contributed by atoms with van der Waals surface area (Å²) in [5.74, 6) is 3.01. The first kappa shape index (κ1) is 14.3. The number of benzene rings is 1. The van der Waals surface area contributed by atoms with E-state index in [1.807, 2.05) is 0 Å². The lowest BCUT2D eigenvalue weighted by atomic mass is 10.1. The number of phenols is 2. The van der Waals surface area contributed by atoms with Crippen molar-refractivity contribution in [1.29, 1.82) is 0 Å². The monoisotopic (exact) mass is 290 g/mol. The Labute approximate surface area is 119 Å². The average Bonchev–Trinajstić information content (AvgIpc) is 2.83. The molecule has 1 aromatic carbocycles. The Morgan fingerprint density at radius 2 is 1.95 bits per heavy atom. The molecule has 0 saturated carbocycles. The van der Waals surface area contributed by atoms with Gasteiger partial charge in [0.05, 0.1) is 18.3 Å². The normalized spacial score (nSPS) is 11.2. The maximum absolute atomic E-state index is 10.3. The van der Waals surface area contributed by atoms with Crippen molar-refractivity contribution in [2.45, 2.75) is 26.6 Å². The van der Waals surface area contributed by atoms with Gasteiger partial charge >= 0.3 is 0 Å². The Balaban J connectivity index is 2.75. The standard InChI is InChI=1S/C15H18O4Si/c1-5-18-14-11(7-9-20(2,3)4)12(16)10-6-8-19-15(10)13(14)17/h6,8,16-17H,5H2,1-4H3. The Morgan fingerprint density at radius 1 is 1.25 bits per heavy atom. The van der Waals surface area contributed by atoms with Crippen LogP contribution in [-0.4, -0.2) is 24.9 Å². The Kier molecular flexibility index (Phi) is 3.69. The predicted molar refractivity (Wildman–Crippen MR) is 80.9 cm³/mol. The van der Waals surface area contributed by atoms with Gasteiger partial charge in [0.15, 0.2) is 11.3 Å². The molecule has 0 atom stereocenters. The van der Waals surface area contributed by atoms with Crippen LogP contribution in [0, 0.1) is 11.5 Å². The van der Waals surface area contributed by atoms with Gasteiger partial charge in [0.25, 0.3) is 0 Å². The molecule has 0 spiro atoms. The van der Waals surface area contributed by atoms with Crippen LogP contribution < -0.4 is 4.74 Å². The molecule has 0 fully saturated rings. The highest BCUT2D eigenvalue weighted by molar-refractivity contribution is 6.83. The lowest BCUT2D eigenvalue weighted by Gasteiger charge is -2.11. The SMILES string of the molecule is CCOc1c(C#C[Si](C)(C)C)c(O)c2ccoc2c1O. The summed E-state index contributed by atoms with van der Waals surface area (Å²) in [5, 5.41) is 21.0. The number of furan rings is 1. The largest absolute Gasteiger partial charge is 0.506 e. The van der Waals surface area contributed by atoms with Crippen molar-refractivity contribution in [1.82, 2.24) is 0 Å². The molecule has 0 aliphatic rings. The molecule has 4 nitrogen and oxygen atoms in total. The zero-order chi connectivity index (χ0) is 14.9. The summed E-state index contributed by atoms with van der Waals surface area (Å²) in [4.78, 5) is 0. The highest BCUT2D eigenvalue weighted by Gasteiger charge is 2.21. The van der Waals surface area contributed by atoms with Gasteiger partial charge in [-0.2, -0.15) is 0 Å². The van der Waals surface area contributed by atoms with Gasteiger partial charge in [0, 0.05) is 0 Å². The van der Waals surface area contributed by atoms with Crippen LogP contribution in [0.4, 0.5) is 0 Å². The first-order valence-electron chi connectivity index (χ1n) is 6.46. The molecule has 2 N–H and O–H groups in total. The molecule has 0 aliphatic heterocycles. The fraction of sp³-hybridized carbons (Fsp3) is 0.333. The molecular weight excluding hydrogens is 272 g/mol. The summed E-state index contributed by atoms with van der Waals surface area (Å²) < 4.78 is 10.6. The van der Waals surface area contributed by atoms with Gasteiger partial charge in [-0.3, -0.25) is 0 Å². The van der Waals surface area contributed by atoms with Gasteiger partial charge in [0.2, 0.25) is 5.75 Å². The fourth-order valence-electron chi connectivity index (χ4n) is 1.79. The lowest BCUT2D eigenvalue weighted by Crippen LogP contribution is -2.16. The molecule has 5 heteroatoms. The quantitative estimate of drug-likeness (QED) is 0.505. The molecule has 0 saturated heterocycles. The van der Waals surface area contributed by atoms with E-state index in [9.17, 15) is 10.2 Å². The van der Waals surface area contributed by atoms with Crippen molar-refractivity contribution in [3.05, 3.63) is 17.9 Å².